The lowest BCUT2D eigenvalue weighted by Crippen LogP contribution is -2.30. The lowest BCUT2D eigenvalue weighted by atomic mass is 10.3. The van der Waals surface area contributed by atoms with Crippen LogP contribution in [0.25, 0.3) is 11.4 Å². The summed E-state index contributed by atoms with van der Waals surface area (Å²) in [5, 5.41) is 12.1. The fourth-order valence-corrected chi connectivity index (χ4v) is 3.60. The number of carbonyl (C=O) groups excluding carboxylic acids is 1. The van der Waals surface area contributed by atoms with Crippen LogP contribution in [0.3, 0.4) is 0 Å². The molecule has 0 aromatic carbocycles. The minimum absolute atomic E-state index is 0.0559. The molecule has 0 radical (unpaired) electrons. The van der Waals surface area contributed by atoms with Crippen LogP contribution in [0.5, 0.6) is 0 Å². The molecule has 3 aromatic heterocycles. The van der Waals surface area contributed by atoms with Gasteiger partial charge < -0.3 is 9.73 Å². The van der Waals surface area contributed by atoms with Crippen LogP contribution in [0.1, 0.15) is 31.6 Å². The molecule has 0 spiro atoms. The first-order chi connectivity index (χ1) is 12.7. The Hall–Kier alpha value is -2.61. The molecule has 8 heteroatoms. The maximum absolute atomic E-state index is 12.4. The zero-order chi connectivity index (χ0) is 17.9. The molecule has 3 heterocycles. The third-order valence-corrected chi connectivity index (χ3v) is 5.22. The smallest absolute Gasteiger partial charge is 0.233 e. The highest BCUT2D eigenvalue weighted by Crippen LogP contribution is 2.41. The monoisotopic (exact) mass is 369 g/mol. The molecule has 1 fully saturated rings. The largest absolute Gasteiger partial charge is 0.467 e. The van der Waals surface area contributed by atoms with E-state index in [1.54, 1.807) is 24.7 Å². The summed E-state index contributed by atoms with van der Waals surface area (Å²) in [5.41, 5.74) is 0.939. The van der Waals surface area contributed by atoms with Crippen LogP contribution in [0.15, 0.2) is 52.5 Å². The number of thioether (sulfide) groups is 1. The highest BCUT2D eigenvalue weighted by atomic mass is 32.2. The number of aromatic nitrogens is 4. The van der Waals surface area contributed by atoms with Crippen LogP contribution in [0.4, 0.5) is 0 Å². The van der Waals surface area contributed by atoms with E-state index in [0.717, 1.165) is 35.1 Å². The Balaban J connectivity index is 1.47. The standard InChI is InChI=1S/C18H19N5O2S/c1-12(17(24)20-11-15-5-3-9-25-15)26-18-22-21-16(23(18)14-6-7-14)13-4-2-8-19-10-13/h2-5,8-10,12,14H,6-7,11H2,1H3,(H,20,24). The summed E-state index contributed by atoms with van der Waals surface area (Å²) >= 11 is 1.43. The van der Waals surface area contributed by atoms with Gasteiger partial charge in [-0.3, -0.25) is 14.3 Å². The third kappa shape index (κ3) is 3.65. The summed E-state index contributed by atoms with van der Waals surface area (Å²) in [6, 6.07) is 7.91. The second-order valence-electron chi connectivity index (χ2n) is 6.21. The lowest BCUT2D eigenvalue weighted by Gasteiger charge is -2.13. The SMILES string of the molecule is CC(Sc1nnc(-c2cccnc2)n1C1CC1)C(=O)NCc1ccco1. The van der Waals surface area contributed by atoms with Gasteiger partial charge in [0.05, 0.1) is 18.1 Å². The predicted molar refractivity (Wildman–Crippen MR) is 97.4 cm³/mol. The average molecular weight is 369 g/mol. The Kier molecular flexibility index (Phi) is 4.75. The molecular weight excluding hydrogens is 350 g/mol. The molecule has 1 N–H and O–H groups in total. The molecule has 1 unspecified atom stereocenters. The highest BCUT2D eigenvalue weighted by molar-refractivity contribution is 8.00. The van der Waals surface area contributed by atoms with Gasteiger partial charge in [-0.25, -0.2) is 0 Å². The van der Waals surface area contributed by atoms with Gasteiger partial charge in [0.1, 0.15) is 5.76 Å². The zero-order valence-corrected chi connectivity index (χ0v) is 15.1. The van der Waals surface area contributed by atoms with Gasteiger partial charge in [0.15, 0.2) is 11.0 Å². The van der Waals surface area contributed by atoms with Crippen LogP contribution in [-0.2, 0) is 11.3 Å². The second-order valence-corrected chi connectivity index (χ2v) is 7.51. The zero-order valence-electron chi connectivity index (χ0n) is 14.3. The molecule has 1 aliphatic rings. The number of furan rings is 1. The van der Waals surface area contributed by atoms with E-state index in [2.05, 4.69) is 25.1 Å². The van der Waals surface area contributed by atoms with E-state index >= 15 is 0 Å². The quantitative estimate of drug-likeness (QED) is 0.644. The van der Waals surface area contributed by atoms with Gasteiger partial charge >= 0.3 is 0 Å². The van der Waals surface area contributed by atoms with Crippen molar-refractivity contribution in [2.24, 2.45) is 0 Å². The molecular formula is C18H19N5O2S. The first-order valence-corrected chi connectivity index (χ1v) is 9.42. The van der Waals surface area contributed by atoms with Crippen molar-refractivity contribution >= 4 is 17.7 Å². The number of nitrogens with one attached hydrogen (secondary N) is 1. The van der Waals surface area contributed by atoms with Gasteiger partial charge in [-0.15, -0.1) is 10.2 Å². The molecule has 1 atom stereocenters. The summed E-state index contributed by atoms with van der Waals surface area (Å²) in [6.45, 7) is 2.25. The van der Waals surface area contributed by atoms with Crippen LogP contribution >= 0.6 is 11.8 Å². The molecule has 26 heavy (non-hydrogen) atoms. The van der Waals surface area contributed by atoms with Crippen LogP contribution in [-0.4, -0.2) is 30.9 Å². The maximum Gasteiger partial charge on any atom is 0.233 e. The lowest BCUT2D eigenvalue weighted by molar-refractivity contribution is -0.120. The predicted octanol–water partition coefficient (Wildman–Crippen LogP) is 3.07. The molecule has 134 valence electrons. The number of hydrogen-bond acceptors (Lipinski definition) is 6. The van der Waals surface area contributed by atoms with Gasteiger partial charge in [0.2, 0.25) is 5.91 Å². The van der Waals surface area contributed by atoms with Gasteiger partial charge in [-0.1, -0.05) is 11.8 Å². The van der Waals surface area contributed by atoms with Crippen molar-refractivity contribution in [2.45, 2.75) is 42.8 Å². The van der Waals surface area contributed by atoms with E-state index in [-0.39, 0.29) is 11.2 Å². The molecule has 3 aromatic rings. The van der Waals surface area contributed by atoms with E-state index in [1.165, 1.54) is 11.8 Å². The van der Waals surface area contributed by atoms with Crippen molar-refractivity contribution in [1.29, 1.82) is 0 Å². The van der Waals surface area contributed by atoms with Gasteiger partial charge in [0, 0.05) is 24.0 Å². The van der Waals surface area contributed by atoms with Crippen molar-refractivity contribution in [2.75, 3.05) is 0 Å². The van der Waals surface area contributed by atoms with Gasteiger partial charge in [-0.2, -0.15) is 0 Å². The van der Waals surface area contributed by atoms with E-state index in [0.29, 0.717) is 12.6 Å². The normalized spacial score (nSPS) is 15.0. The number of hydrogen-bond donors (Lipinski definition) is 1. The molecule has 7 nitrogen and oxygen atoms in total. The Morgan fingerprint density at radius 2 is 2.27 bits per heavy atom. The number of nitrogens with zero attached hydrogens (tertiary/aromatic N) is 4. The third-order valence-electron chi connectivity index (χ3n) is 4.16. The maximum atomic E-state index is 12.4. The van der Waals surface area contributed by atoms with Crippen LogP contribution < -0.4 is 5.32 Å². The fraction of sp³-hybridized carbons (Fsp3) is 0.333. The van der Waals surface area contributed by atoms with Crippen molar-refractivity contribution in [3.8, 4) is 11.4 Å². The first kappa shape index (κ1) is 16.8. The van der Waals surface area contributed by atoms with Crippen molar-refractivity contribution in [3.05, 3.63) is 48.7 Å². The van der Waals surface area contributed by atoms with Crippen molar-refractivity contribution in [1.82, 2.24) is 25.1 Å². The second kappa shape index (κ2) is 7.33. The average Bonchev–Trinajstić information content (AvgIpc) is 3.20. The summed E-state index contributed by atoms with van der Waals surface area (Å²) in [7, 11) is 0. The summed E-state index contributed by atoms with van der Waals surface area (Å²) in [4.78, 5) is 16.5. The Labute approximate surface area is 155 Å². The Morgan fingerprint density at radius 1 is 1.38 bits per heavy atom. The van der Waals surface area contributed by atoms with Gasteiger partial charge in [0.25, 0.3) is 0 Å². The summed E-state index contributed by atoms with van der Waals surface area (Å²) in [6.07, 6.45) is 7.34. The molecule has 0 saturated heterocycles. The van der Waals surface area contributed by atoms with E-state index in [4.69, 9.17) is 4.42 Å². The number of rotatable bonds is 7. The molecule has 0 bridgehead atoms. The van der Waals surface area contributed by atoms with E-state index in [9.17, 15) is 4.79 Å². The highest BCUT2D eigenvalue weighted by Gasteiger charge is 2.31. The minimum atomic E-state index is -0.284. The molecule has 4 rings (SSSR count). The summed E-state index contributed by atoms with van der Waals surface area (Å²) < 4.78 is 7.38. The Bertz CT molecular complexity index is 874. The van der Waals surface area contributed by atoms with Crippen molar-refractivity contribution in [3.63, 3.8) is 0 Å². The first-order valence-electron chi connectivity index (χ1n) is 8.54. The summed E-state index contributed by atoms with van der Waals surface area (Å²) in [5.74, 6) is 1.49. The number of pyridine rings is 1. The molecule has 1 saturated carbocycles. The molecule has 1 amide bonds. The van der Waals surface area contributed by atoms with Crippen LogP contribution in [0, 0.1) is 0 Å². The molecule has 0 aliphatic heterocycles. The number of carbonyl (C=O) groups is 1. The van der Waals surface area contributed by atoms with Crippen molar-refractivity contribution < 1.29 is 9.21 Å². The van der Waals surface area contributed by atoms with Crippen LogP contribution in [0.2, 0.25) is 0 Å². The topological polar surface area (TPSA) is 85.8 Å². The minimum Gasteiger partial charge on any atom is -0.467 e. The van der Waals surface area contributed by atoms with Gasteiger partial charge in [-0.05, 0) is 44.0 Å². The fourth-order valence-electron chi connectivity index (χ4n) is 2.65. The molecule has 1 aliphatic carbocycles. The van der Waals surface area contributed by atoms with E-state index < -0.39 is 0 Å². The van der Waals surface area contributed by atoms with E-state index in [1.807, 2.05) is 25.1 Å². The Morgan fingerprint density at radius 3 is 2.96 bits per heavy atom. The number of amides is 1.